The van der Waals surface area contributed by atoms with Crippen molar-refractivity contribution in [2.24, 2.45) is 5.92 Å². The number of carbonyl (C=O) groups is 1. The van der Waals surface area contributed by atoms with E-state index in [2.05, 4.69) is 5.32 Å². The molecule has 0 spiro atoms. The Bertz CT molecular complexity index is 463. The first kappa shape index (κ1) is 12.1. The average Bonchev–Trinajstić information content (AvgIpc) is 2.77. The van der Waals surface area contributed by atoms with E-state index >= 15 is 0 Å². The molecule has 1 aromatic carbocycles. The molecule has 1 aliphatic heterocycles. The summed E-state index contributed by atoms with van der Waals surface area (Å²) in [6, 6.07) is 8.06. The number of nitrogens with one attached hydrogen (secondary N) is 1. The quantitative estimate of drug-likeness (QED) is 0.851. The van der Waals surface area contributed by atoms with Crippen LogP contribution in [0.15, 0.2) is 29.2 Å². The average molecular weight is 263 g/mol. The second-order valence-electron chi connectivity index (χ2n) is 4.88. The minimum Gasteiger partial charge on any atom is -0.378 e. The number of rotatable bonds is 3. The first-order valence-electron chi connectivity index (χ1n) is 6.35. The molecule has 96 valence electrons. The molecular weight excluding hydrogens is 246 g/mol. The number of amides is 1. The van der Waals surface area contributed by atoms with Gasteiger partial charge in [0.15, 0.2) is 0 Å². The van der Waals surface area contributed by atoms with E-state index in [1.165, 1.54) is 0 Å². The highest BCUT2D eigenvalue weighted by atomic mass is 32.2. The Morgan fingerprint density at radius 1 is 1.44 bits per heavy atom. The van der Waals surface area contributed by atoms with Gasteiger partial charge < -0.3 is 10.1 Å². The zero-order valence-corrected chi connectivity index (χ0v) is 11.2. The van der Waals surface area contributed by atoms with Crippen LogP contribution in [0, 0.1) is 5.92 Å². The maximum atomic E-state index is 12.3. The highest BCUT2D eigenvalue weighted by Gasteiger charge is 2.45. The molecule has 3 atom stereocenters. The third-order valence-electron chi connectivity index (χ3n) is 3.93. The molecule has 1 saturated carbocycles. The van der Waals surface area contributed by atoms with Crippen molar-refractivity contribution in [2.45, 2.75) is 29.9 Å². The number of benzene rings is 1. The predicted molar refractivity (Wildman–Crippen MR) is 71.9 cm³/mol. The van der Waals surface area contributed by atoms with E-state index in [0.29, 0.717) is 18.1 Å². The number of hydrogen-bond donors (Lipinski definition) is 1. The van der Waals surface area contributed by atoms with E-state index in [-0.39, 0.29) is 5.91 Å². The highest BCUT2D eigenvalue weighted by molar-refractivity contribution is 7.98. The van der Waals surface area contributed by atoms with Gasteiger partial charge in [-0.1, -0.05) is 12.1 Å². The van der Waals surface area contributed by atoms with Crippen LogP contribution in [0.25, 0.3) is 0 Å². The first-order chi connectivity index (χ1) is 8.79. The van der Waals surface area contributed by atoms with Crippen molar-refractivity contribution in [1.82, 2.24) is 5.32 Å². The van der Waals surface area contributed by atoms with Crippen LogP contribution in [0.1, 0.15) is 23.2 Å². The van der Waals surface area contributed by atoms with Gasteiger partial charge in [0.2, 0.25) is 0 Å². The van der Waals surface area contributed by atoms with Gasteiger partial charge in [-0.2, -0.15) is 0 Å². The lowest BCUT2D eigenvalue weighted by molar-refractivity contribution is 0.00805. The van der Waals surface area contributed by atoms with Crippen LogP contribution >= 0.6 is 11.8 Å². The van der Waals surface area contributed by atoms with Crippen molar-refractivity contribution in [3.05, 3.63) is 29.8 Å². The normalized spacial score (nSPS) is 29.5. The summed E-state index contributed by atoms with van der Waals surface area (Å²) in [6.45, 7) is 0.850. The summed E-state index contributed by atoms with van der Waals surface area (Å²) in [7, 11) is 0. The number of carbonyl (C=O) groups excluding carboxylic acids is 1. The van der Waals surface area contributed by atoms with Gasteiger partial charge in [0.05, 0.1) is 11.7 Å². The Hall–Kier alpha value is -1.00. The summed E-state index contributed by atoms with van der Waals surface area (Å²) in [5.41, 5.74) is 0.785. The highest BCUT2D eigenvalue weighted by Crippen LogP contribution is 2.38. The van der Waals surface area contributed by atoms with E-state index in [9.17, 15) is 4.79 Å². The Balaban J connectivity index is 1.68. The van der Waals surface area contributed by atoms with Gasteiger partial charge in [0.25, 0.3) is 5.91 Å². The molecule has 3 rings (SSSR count). The molecule has 1 heterocycles. The second kappa shape index (κ2) is 4.94. The SMILES string of the molecule is CSc1ccccc1C(=O)N[C@@H]1C[C@H]2OCC[C@@H]12. The topological polar surface area (TPSA) is 38.3 Å². The molecule has 1 saturated heterocycles. The molecule has 2 aliphatic rings. The van der Waals surface area contributed by atoms with Crippen LogP contribution in [-0.4, -0.2) is 30.9 Å². The molecule has 0 bridgehead atoms. The third kappa shape index (κ3) is 2.04. The Morgan fingerprint density at radius 2 is 2.28 bits per heavy atom. The van der Waals surface area contributed by atoms with Gasteiger partial charge in [0.1, 0.15) is 0 Å². The summed E-state index contributed by atoms with van der Waals surface area (Å²) in [6.07, 6.45) is 4.44. The van der Waals surface area contributed by atoms with Crippen molar-refractivity contribution in [1.29, 1.82) is 0 Å². The van der Waals surface area contributed by atoms with Gasteiger partial charge in [-0.25, -0.2) is 0 Å². The van der Waals surface area contributed by atoms with Gasteiger partial charge in [-0.3, -0.25) is 4.79 Å². The van der Waals surface area contributed by atoms with E-state index < -0.39 is 0 Å². The number of thioether (sulfide) groups is 1. The minimum absolute atomic E-state index is 0.0512. The number of ether oxygens (including phenoxy) is 1. The van der Waals surface area contributed by atoms with E-state index in [1.807, 2.05) is 30.5 Å². The Morgan fingerprint density at radius 3 is 3.06 bits per heavy atom. The lowest BCUT2D eigenvalue weighted by Gasteiger charge is -2.39. The van der Waals surface area contributed by atoms with E-state index in [1.54, 1.807) is 11.8 Å². The molecule has 1 aliphatic carbocycles. The predicted octanol–water partition coefficient (Wildman–Crippen LogP) is 2.32. The second-order valence-corrected chi connectivity index (χ2v) is 5.73. The molecule has 0 radical (unpaired) electrons. The van der Waals surface area contributed by atoms with Crippen molar-refractivity contribution in [2.75, 3.05) is 12.9 Å². The van der Waals surface area contributed by atoms with Gasteiger partial charge in [-0.15, -0.1) is 11.8 Å². The van der Waals surface area contributed by atoms with Crippen molar-refractivity contribution in [3.63, 3.8) is 0 Å². The molecule has 3 nitrogen and oxygen atoms in total. The molecule has 1 aromatic rings. The summed E-state index contributed by atoms with van der Waals surface area (Å²) < 4.78 is 5.56. The van der Waals surface area contributed by atoms with E-state index in [4.69, 9.17) is 4.74 Å². The van der Waals surface area contributed by atoms with E-state index in [0.717, 1.165) is 29.9 Å². The van der Waals surface area contributed by atoms with Crippen LogP contribution in [0.2, 0.25) is 0 Å². The third-order valence-corrected chi connectivity index (χ3v) is 4.73. The summed E-state index contributed by atoms with van der Waals surface area (Å²) in [5, 5.41) is 3.15. The lowest BCUT2D eigenvalue weighted by atomic mass is 9.76. The maximum Gasteiger partial charge on any atom is 0.252 e. The molecular formula is C14H17NO2S. The van der Waals surface area contributed by atoms with Crippen LogP contribution in [-0.2, 0) is 4.74 Å². The molecule has 2 fully saturated rings. The molecule has 0 unspecified atom stereocenters. The fraction of sp³-hybridized carbons (Fsp3) is 0.500. The Kier molecular flexibility index (Phi) is 3.31. The molecule has 4 heteroatoms. The van der Waals surface area contributed by atoms with Crippen LogP contribution in [0.3, 0.4) is 0 Å². The monoisotopic (exact) mass is 263 g/mol. The standard InChI is InChI=1S/C14H17NO2S/c1-18-13-5-3-2-4-10(13)14(16)15-11-8-12-9(11)6-7-17-12/h2-5,9,11-12H,6-8H2,1H3,(H,15,16)/t9-,11+,12+/m0/s1. The summed E-state index contributed by atoms with van der Waals surface area (Å²) >= 11 is 1.61. The van der Waals surface area contributed by atoms with Crippen molar-refractivity contribution < 1.29 is 9.53 Å². The Labute approximate surface area is 111 Å². The van der Waals surface area contributed by atoms with Gasteiger partial charge >= 0.3 is 0 Å². The zero-order chi connectivity index (χ0) is 12.5. The van der Waals surface area contributed by atoms with Crippen molar-refractivity contribution in [3.8, 4) is 0 Å². The lowest BCUT2D eigenvalue weighted by Crippen LogP contribution is -2.53. The summed E-state index contributed by atoms with van der Waals surface area (Å²) in [4.78, 5) is 13.3. The van der Waals surface area contributed by atoms with Gasteiger partial charge in [0, 0.05) is 23.5 Å². The van der Waals surface area contributed by atoms with Crippen LogP contribution in [0.4, 0.5) is 0 Å². The van der Waals surface area contributed by atoms with Crippen LogP contribution < -0.4 is 5.32 Å². The number of fused-ring (bicyclic) bond motifs is 1. The fourth-order valence-electron chi connectivity index (χ4n) is 2.84. The van der Waals surface area contributed by atoms with Gasteiger partial charge in [-0.05, 0) is 31.2 Å². The fourth-order valence-corrected chi connectivity index (χ4v) is 3.44. The minimum atomic E-state index is 0.0512. The summed E-state index contributed by atoms with van der Waals surface area (Å²) in [5.74, 6) is 0.589. The molecule has 0 aromatic heterocycles. The molecule has 1 amide bonds. The van der Waals surface area contributed by atoms with Crippen LogP contribution in [0.5, 0.6) is 0 Å². The zero-order valence-electron chi connectivity index (χ0n) is 10.4. The van der Waals surface area contributed by atoms with Crippen molar-refractivity contribution >= 4 is 17.7 Å². The molecule has 18 heavy (non-hydrogen) atoms. The molecule has 1 N–H and O–H groups in total. The largest absolute Gasteiger partial charge is 0.378 e. The maximum absolute atomic E-state index is 12.3. The number of hydrogen-bond acceptors (Lipinski definition) is 3. The first-order valence-corrected chi connectivity index (χ1v) is 7.57. The smallest absolute Gasteiger partial charge is 0.252 e.